The summed E-state index contributed by atoms with van der Waals surface area (Å²) in [4.78, 5) is 2.07. The summed E-state index contributed by atoms with van der Waals surface area (Å²) >= 11 is 0. The van der Waals surface area contributed by atoms with E-state index in [0.29, 0.717) is 57.8 Å². The summed E-state index contributed by atoms with van der Waals surface area (Å²) in [6.07, 6.45) is 4.18. The fourth-order valence-electron chi connectivity index (χ4n) is 4.12. The minimum Gasteiger partial charge on any atom is -0.389 e. The quantitative estimate of drug-likeness (QED) is 0.0889. The summed E-state index contributed by atoms with van der Waals surface area (Å²) in [7, 11) is 4.30. The number of rotatable bonds is 28. The molecule has 0 radical (unpaired) electrons. The van der Waals surface area contributed by atoms with E-state index < -0.39 is 29.8 Å². The maximum atomic E-state index is 10.6. The third kappa shape index (κ3) is 16.9. The Labute approximate surface area is 232 Å². The molecule has 0 amide bonds. The van der Waals surface area contributed by atoms with Crippen LogP contribution in [0.1, 0.15) is 38.5 Å². The Morgan fingerprint density at radius 1 is 0.605 bits per heavy atom. The van der Waals surface area contributed by atoms with Gasteiger partial charge in [0.25, 0.3) is 0 Å². The molecule has 12 nitrogen and oxygen atoms in total. The highest BCUT2D eigenvalue weighted by molar-refractivity contribution is 6.60. The molecule has 14 heteroatoms. The van der Waals surface area contributed by atoms with Gasteiger partial charge in [0, 0.05) is 81.1 Å². The van der Waals surface area contributed by atoms with Crippen molar-refractivity contribution in [3.8, 4) is 0 Å². The normalized spacial score (nSPS) is 14.4. The van der Waals surface area contributed by atoms with Crippen LogP contribution in [0.3, 0.4) is 0 Å². The minimum absolute atomic E-state index is 0.210. The molecule has 2 unspecified atom stereocenters. The van der Waals surface area contributed by atoms with Gasteiger partial charge in [-0.3, -0.25) is 4.90 Å². The van der Waals surface area contributed by atoms with Crippen LogP contribution in [-0.4, -0.2) is 140 Å². The average Bonchev–Trinajstić information content (AvgIpc) is 2.93. The maximum absolute atomic E-state index is 10.6. The average molecular weight is 589 g/mol. The summed E-state index contributed by atoms with van der Waals surface area (Å²) in [6.45, 7) is 3.64. The van der Waals surface area contributed by atoms with E-state index in [2.05, 4.69) is 4.90 Å². The first-order valence-electron chi connectivity index (χ1n) is 13.5. The zero-order valence-corrected chi connectivity index (χ0v) is 26.7. The molecule has 0 aromatic carbocycles. The van der Waals surface area contributed by atoms with Crippen LogP contribution in [0.5, 0.6) is 0 Å². The standard InChI is InChI=1S/C24H56N2O10Si2/c1-29-37(30-2,31-3)17-11-15-35-21-23(27)19-26(14-10-8-7-9-13-25)20-24(28)22-36-16-12-18-38(32-4,33-5)34-6/h23-24,27-28H,7-22,25H2,1-6H3. The van der Waals surface area contributed by atoms with Gasteiger partial charge in [-0.15, -0.1) is 0 Å². The Morgan fingerprint density at radius 2 is 1.00 bits per heavy atom. The van der Waals surface area contributed by atoms with Crippen molar-refractivity contribution in [2.75, 3.05) is 95.3 Å². The molecule has 0 aliphatic rings. The highest BCUT2D eigenvalue weighted by atomic mass is 28.4. The highest BCUT2D eigenvalue weighted by Gasteiger charge is 2.37. The summed E-state index contributed by atoms with van der Waals surface area (Å²) in [5.41, 5.74) is 5.59. The number of ether oxygens (including phenoxy) is 2. The molecule has 2 atom stereocenters. The highest BCUT2D eigenvalue weighted by Crippen LogP contribution is 2.16. The van der Waals surface area contributed by atoms with Crippen molar-refractivity contribution in [3.63, 3.8) is 0 Å². The van der Waals surface area contributed by atoms with Gasteiger partial charge in [0.15, 0.2) is 0 Å². The molecule has 0 saturated heterocycles. The van der Waals surface area contributed by atoms with Gasteiger partial charge in [-0.2, -0.15) is 0 Å². The van der Waals surface area contributed by atoms with Gasteiger partial charge >= 0.3 is 17.6 Å². The van der Waals surface area contributed by atoms with E-state index in [4.69, 9.17) is 41.8 Å². The third-order valence-electron chi connectivity index (χ3n) is 6.40. The van der Waals surface area contributed by atoms with Crippen LogP contribution in [0, 0.1) is 0 Å². The molecule has 0 aromatic rings. The fourth-order valence-corrected chi connectivity index (χ4v) is 7.50. The van der Waals surface area contributed by atoms with Gasteiger partial charge in [0.05, 0.1) is 25.4 Å². The molecule has 4 N–H and O–H groups in total. The van der Waals surface area contributed by atoms with Crippen molar-refractivity contribution < 1.29 is 46.2 Å². The third-order valence-corrected chi connectivity index (χ3v) is 12.1. The molecule has 0 bridgehead atoms. The van der Waals surface area contributed by atoms with Crippen LogP contribution in [-0.2, 0) is 36.0 Å². The van der Waals surface area contributed by atoms with E-state index in [-0.39, 0.29) is 13.2 Å². The maximum Gasteiger partial charge on any atom is 0.500 e. The fraction of sp³-hybridized carbons (Fsp3) is 1.00. The lowest BCUT2D eigenvalue weighted by atomic mass is 10.1. The molecule has 0 spiro atoms. The lowest BCUT2D eigenvalue weighted by Crippen LogP contribution is -2.43. The first-order chi connectivity index (χ1) is 18.3. The lowest BCUT2D eigenvalue weighted by molar-refractivity contribution is -0.0110. The van der Waals surface area contributed by atoms with Gasteiger partial charge in [-0.1, -0.05) is 12.8 Å². The van der Waals surface area contributed by atoms with E-state index in [9.17, 15) is 10.2 Å². The van der Waals surface area contributed by atoms with E-state index in [0.717, 1.165) is 32.2 Å². The second kappa shape index (κ2) is 23.6. The Kier molecular flexibility index (Phi) is 23.6. The Morgan fingerprint density at radius 3 is 1.37 bits per heavy atom. The van der Waals surface area contributed by atoms with Crippen molar-refractivity contribution in [3.05, 3.63) is 0 Å². The number of unbranched alkanes of at least 4 members (excludes halogenated alkanes) is 3. The smallest absolute Gasteiger partial charge is 0.389 e. The van der Waals surface area contributed by atoms with Crippen LogP contribution in [0.25, 0.3) is 0 Å². The summed E-state index contributed by atoms with van der Waals surface area (Å²) in [5.74, 6) is 0. The van der Waals surface area contributed by atoms with Gasteiger partial charge in [0.1, 0.15) is 0 Å². The second-order valence-corrected chi connectivity index (χ2v) is 15.4. The van der Waals surface area contributed by atoms with E-state index in [1.54, 1.807) is 42.7 Å². The first-order valence-corrected chi connectivity index (χ1v) is 17.4. The van der Waals surface area contributed by atoms with Gasteiger partial charge in [-0.25, -0.2) is 0 Å². The SMILES string of the molecule is CO[Si](CCCOCC(O)CN(CCCCCCN)CC(O)COCCC[Si](OC)(OC)OC)(OC)OC. The van der Waals surface area contributed by atoms with Crippen molar-refractivity contribution in [2.45, 2.75) is 62.8 Å². The molecule has 0 aliphatic heterocycles. The van der Waals surface area contributed by atoms with Gasteiger partial charge in [-0.05, 0) is 38.8 Å². The molecule has 0 rings (SSSR count). The predicted octanol–water partition coefficient (Wildman–Crippen LogP) is 1.10. The first kappa shape index (κ1) is 38.0. The Balaban J connectivity index is 4.49. The van der Waals surface area contributed by atoms with Gasteiger partial charge in [0.2, 0.25) is 0 Å². The molecular formula is C24H56N2O10Si2. The molecular weight excluding hydrogens is 532 g/mol. The Hall–Kier alpha value is -0.0462. The summed E-state index contributed by atoms with van der Waals surface area (Å²) in [6, 6.07) is 1.28. The molecule has 0 aromatic heterocycles. The summed E-state index contributed by atoms with van der Waals surface area (Å²) < 4.78 is 43.9. The molecule has 0 fully saturated rings. The summed E-state index contributed by atoms with van der Waals surface area (Å²) in [5, 5.41) is 21.1. The van der Waals surface area contributed by atoms with Crippen LogP contribution < -0.4 is 5.73 Å². The van der Waals surface area contributed by atoms with Crippen LogP contribution >= 0.6 is 0 Å². The number of hydrogen-bond donors (Lipinski definition) is 3. The molecule has 0 heterocycles. The van der Waals surface area contributed by atoms with Gasteiger partial charge < -0.3 is 52.0 Å². The largest absolute Gasteiger partial charge is 0.500 e. The van der Waals surface area contributed by atoms with Crippen molar-refractivity contribution in [1.82, 2.24) is 4.90 Å². The molecule has 0 saturated carbocycles. The zero-order valence-electron chi connectivity index (χ0n) is 24.7. The molecule has 38 heavy (non-hydrogen) atoms. The van der Waals surface area contributed by atoms with Crippen LogP contribution in [0.4, 0.5) is 0 Å². The molecule has 230 valence electrons. The number of hydrogen-bond acceptors (Lipinski definition) is 12. The number of nitrogens with two attached hydrogens (primary N) is 1. The minimum atomic E-state index is -2.61. The lowest BCUT2D eigenvalue weighted by Gasteiger charge is -2.27. The second-order valence-electron chi connectivity index (χ2n) is 9.22. The number of aliphatic hydroxyl groups is 2. The van der Waals surface area contributed by atoms with E-state index in [1.807, 2.05) is 0 Å². The molecule has 0 aliphatic carbocycles. The van der Waals surface area contributed by atoms with Crippen molar-refractivity contribution in [2.24, 2.45) is 5.73 Å². The monoisotopic (exact) mass is 588 g/mol. The number of aliphatic hydroxyl groups excluding tert-OH is 2. The Bertz CT molecular complexity index is 480. The van der Waals surface area contributed by atoms with Crippen molar-refractivity contribution in [1.29, 1.82) is 0 Å². The zero-order chi connectivity index (χ0) is 28.7. The van der Waals surface area contributed by atoms with Crippen LogP contribution in [0.2, 0.25) is 12.1 Å². The predicted molar refractivity (Wildman–Crippen MR) is 150 cm³/mol. The number of nitrogens with zero attached hydrogens (tertiary/aromatic N) is 1. The van der Waals surface area contributed by atoms with Crippen LogP contribution in [0.15, 0.2) is 0 Å². The van der Waals surface area contributed by atoms with Crippen molar-refractivity contribution >= 4 is 17.6 Å². The van der Waals surface area contributed by atoms with E-state index in [1.165, 1.54) is 0 Å². The topological polar surface area (TPSA) is 144 Å². The van der Waals surface area contributed by atoms with E-state index >= 15 is 0 Å².